The molecular formula is C26H32N2O6S. The molecule has 188 valence electrons. The van der Waals surface area contributed by atoms with E-state index < -0.39 is 27.8 Å². The van der Waals surface area contributed by atoms with E-state index in [1.54, 1.807) is 0 Å². The van der Waals surface area contributed by atoms with Crippen LogP contribution in [0, 0.1) is 0 Å². The van der Waals surface area contributed by atoms with Crippen molar-refractivity contribution in [2.75, 3.05) is 34.4 Å². The van der Waals surface area contributed by atoms with Gasteiger partial charge in [-0.15, -0.1) is 0 Å². The summed E-state index contributed by atoms with van der Waals surface area (Å²) in [6.07, 6.45) is 0. The normalized spacial score (nSPS) is 18.5. The first-order chi connectivity index (χ1) is 16.3. The Kier molecular flexibility index (Phi) is 7.54. The van der Waals surface area contributed by atoms with Gasteiger partial charge in [0.05, 0.1) is 23.1 Å². The van der Waals surface area contributed by atoms with Crippen molar-refractivity contribution in [2.24, 2.45) is 0 Å². The molecule has 0 unspecified atom stereocenters. The molecule has 0 bridgehead atoms. The smallest absolute Gasteiger partial charge is 0.295 e. The third kappa shape index (κ3) is 5.17. The molecule has 1 amide bonds. The summed E-state index contributed by atoms with van der Waals surface area (Å²) < 4.78 is 31.0. The Morgan fingerprint density at radius 1 is 1.03 bits per heavy atom. The van der Waals surface area contributed by atoms with E-state index in [0.717, 1.165) is 9.87 Å². The molecule has 2 aromatic carbocycles. The van der Waals surface area contributed by atoms with Gasteiger partial charge in [0.2, 0.25) is 10.0 Å². The van der Waals surface area contributed by atoms with Crippen molar-refractivity contribution in [1.82, 2.24) is 9.21 Å². The second kappa shape index (κ2) is 9.93. The van der Waals surface area contributed by atoms with Crippen molar-refractivity contribution in [1.29, 1.82) is 0 Å². The average molecular weight is 501 g/mol. The number of rotatable bonds is 7. The Morgan fingerprint density at radius 2 is 1.60 bits per heavy atom. The lowest BCUT2D eigenvalue weighted by Crippen LogP contribution is -2.32. The lowest BCUT2D eigenvalue weighted by Gasteiger charge is -2.26. The van der Waals surface area contributed by atoms with Crippen LogP contribution in [-0.2, 0) is 29.8 Å². The van der Waals surface area contributed by atoms with Crippen LogP contribution in [-0.4, -0.2) is 68.8 Å². The Labute approximate surface area is 206 Å². The first kappa shape index (κ1) is 26.6. The molecule has 1 N–H and O–H groups in total. The van der Waals surface area contributed by atoms with Crippen molar-refractivity contribution in [3.05, 3.63) is 70.8 Å². The number of carbonyl (C=O) groups is 2. The van der Waals surface area contributed by atoms with E-state index >= 15 is 0 Å². The zero-order valence-electron chi connectivity index (χ0n) is 20.9. The van der Waals surface area contributed by atoms with Crippen LogP contribution in [0.4, 0.5) is 0 Å². The number of likely N-dealkylation sites (tertiary alicyclic amines) is 1. The molecule has 1 aliphatic rings. The predicted molar refractivity (Wildman–Crippen MR) is 133 cm³/mol. The first-order valence-electron chi connectivity index (χ1n) is 11.2. The zero-order chi connectivity index (χ0) is 26.1. The van der Waals surface area contributed by atoms with Gasteiger partial charge in [-0.1, -0.05) is 45.0 Å². The molecule has 0 radical (unpaired) electrons. The Bertz CT molecular complexity index is 1240. The largest absolute Gasteiger partial charge is 0.507 e. The maximum atomic E-state index is 13.1. The Balaban J connectivity index is 2.12. The molecule has 8 nitrogen and oxygen atoms in total. The molecule has 1 aliphatic heterocycles. The van der Waals surface area contributed by atoms with Gasteiger partial charge in [-0.3, -0.25) is 9.59 Å². The number of sulfonamides is 1. The quantitative estimate of drug-likeness (QED) is 0.355. The number of ketones is 1. The van der Waals surface area contributed by atoms with Crippen LogP contribution in [0.15, 0.2) is 59.0 Å². The van der Waals surface area contributed by atoms with Crippen molar-refractivity contribution in [2.45, 2.75) is 37.1 Å². The van der Waals surface area contributed by atoms with Crippen molar-refractivity contribution < 1.29 is 27.9 Å². The molecule has 9 heteroatoms. The number of hydrogen-bond donors (Lipinski definition) is 1. The monoisotopic (exact) mass is 500 g/mol. The molecule has 0 spiro atoms. The molecule has 2 aromatic rings. The fraction of sp³-hybridized carbons (Fsp3) is 0.385. The number of Topliss-reactive ketones (excluding diaryl/α,β-unsaturated/α-hetero) is 1. The number of nitrogens with zero attached hydrogens (tertiary/aromatic N) is 2. The van der Waals surface area contributed by atoms with Crippen LogP contribution in [0.1, 0.15) is 43.5 Å². The number of aliphatic hydroxyl groups excluding tert-OH is 1. The molecule has 1 saturated heterocycles. The minimum absolute atomic E-state index is 0.0437. The molecule has 0 aliphatic carbocycles. The second-order valence-corrected chi connectivity index (χ2v) is 11.8. The minimum Gasteiger partial charge on any atom is -0.507 e. The van der Waals surface area contributed by atoms with E-state index in [2.05, 4.69) is 20.8 Å². The lowest BCUT2D eigenvalue weighted by molar-refractivity contribution is -0.140. The molecule has 1 atom stereocenters. The number of benzene rings is 2. The predicted octanol–water partition coefficient (Wildman–Crippen LogP) is 3.30. The highest BCUT2D eigenvalue weighted by molar-refractivity contribution is 7.89. The van der Waals surface area contributed by atoms with Crippen LogP contribution < -0.4 is 0 Å². The summed E-state index contributed by atoms with van der Waals surface area (Å²) in [5.74, 6) is -1.88. The maximum absolute atomic E-state index is 13.1. The molecule has 1 fully saturated rings. The summed E-state index contributed by atoms with van der Waals surface area (Å²) in [5, 5.41) is 11.2. The SMILES string of the molecule is COCCN1C(=O)C(=O)C(=C(O)c2ccc(S(=O)(=O)N(C)C)cc2)[C@H]1c1ccc(C(C)(C)C)cc1. The van der Waals surface area contributed by atoms with Gasteiger partial charge in [0.25, 0.3) is 11.7 Å². The summed E-state index contributed by atoms with van der Waals surface area (Å²) in [6, 6.07) is 12.4. The van der Waals surface area contributed by atoms with Gasteiger partial charge < -0.3 is 14.7 Å². The van der Waals surface area contributed by atoms with Crippen LogP contribution in [0.3, 0.4) is 0 Å². The molecule has 35 heavy (non-hydrogen) atoms. The number of hydrogen-bond acceptors (Lipinski definition) is 6. The van der Waals surface area contributed by atoms with Crippen LogP contribution in [0.2, 0.25) is 0 Å². The fourth-order valence-corrected chi connectivity index (χ4v) is 4.86. The van der Waals surface area contributed by atoms with Crippen LogP contribution in [0.25, 0.3) is 5.76 Å². The summed E-state index contributed by atoms with van der Waals surface area (Å²) in [6.45, 7) is 6.66. The van der Waals surface area contributed by atoms with Crippen LogP contribution in [0.5, 0.6) is 0 Å². The number of methoxy groups -OCH3 is 1. The van der Waals surface area contributed by atoms with E-state index in [4.69, 9.17) is 4.74 Å². The third-order valence-corrected chi connectivity index (χ3v) is 7.90. The number of aliphatic hydroxyl groups is 1. The topological polar surface area (TPSA) is 104 Å². The summed E-state index contributed by atoms with van der Waals surface area (Å²) in [5.41, 5.74) is 1.89. The lowest BCUT2D eigenvalue weighted by atomic mass is 9.85. The van der Waals surface area contributed by atoms with Gasteiger partial charge in [0.15, 0.2) is 0 Å². The Morgan fingerprint density at radius 3 is 2.09 bits per heavy atom. The fourth-order valence-electron chi connectivity index (χ4n) is 3.96. The highest BCUT2D eigenvalue weighted by atomic mass is 32.2. The number of ether oxygens (including phenoxy) is 1. The third-order valence-electron chi connectivity index (χ3n) is 6.08. The average Bonchev–Trinajstić information content (AvgIpc) is 3.06. The van der Waals surface area contributed by atoms with Crippen molar-refractivity contribution in [3.63, 3.8) is 0 Å². The second-order valence-electron chi connectivity index (χ2n) is 9.67. The summed E-state index contributed by atoms with van der Waals surface area (Å²) >= 11 is 0. The highest BCUT2D eigenvalue weighted by Crippen LogP contribution is 2.40. The Hall–Kier alpha value is -3.01. The zero-order valence-corrected chi connectivity index (χ0v) is 21.7. The highest BCUT2D eigenvalue weighted by Gasteiger charge is 2.46. The number of amides is 1. The molecule has 0 saturated carbocycles. The van der Waals surface area contributed by atoms with Crippen molar-refractivity contribution in [3.8, 4) is 0 Å². The van der Waals surface area contributed by atoms with E-state index in [1.165, 1.54) is 50.4 Å². The molecular weight excluding hydrogens is 468 g/mol. The standard InChI is InChI=1S/C26H32N2O6S/c1-26(2,3)19-11-7-17(8-12-19)22-21(24(30)25(31)28(22)15-16-34-6)23(29)18-9-13-20(14-10-18)35(32,33)27(4)5/h7-14,22,29H,15-16H2,1-6H3/t22-/m1/s1. The molecule has 3 rings (SSSR count). The van der Waals surface area contributed by atoms with Gasteiger partial charge in [-0.25, -0.2) is 12.7 Å². The van der Waals surface area contributed by atoms with Gasteiger partial charge in [0.1, 0.15) is 5.76 Å². The van der Waals surface area contributed by atoms with E-state index in [1.807, 2.05) is 24.3 Å². The van der Waals surface area contributed by atoms with E-state index in [9.17, 15) is 23.1 Å². The van der Waals surface area contributed by atoms with Crippen molar-refractivity contribution >= 4 is 27.5 Å². The van der Waals surface area contributed by atoms with Gasteiger partial charge in [-0.2, -0.15) is 0 Å². The van der Waals surface area contributed by atoms with E-state index in [0.29, 0.717) is 5.56 Å². The summed E-state index contributed by atoms with van der Waals surface area (Å²) in [7, 11) is 0.705. The first-order valence-corrected chi connectivity index (χ1v) is 12.7. The van der Waals surface area contributed by atoms with Gasteiger partial charge in [0, 0.05) is 33.3 Å². The van der Waals surface area contributed by atoms with E-state index in [-0.39, 0.29) is 40.4 Å². The van der Waals surface area contributed by atoms with Gasteiger partial charge >= 0.3 is 0 Å². The van der Waals surface area contributed by atoms with Gasteiger partial charge in [-0.05, 0) is 40.8 Å². The molecule has 1 heterocycles. The van der Waals surface area contributed by atoms with Crippen LogP contribution >= 0.6 is 0 Å². The number of carbonyl (C=O) groups excluding carboxylic acids is 2. The minimum atomic E-state index is -3.65. The summed E-state index contributed by atoms with van der Waals surface area (Å²) in [4.78, 5) is 27.4. The molecule has 0 aromatic heterocycles. The maximum Gasteiger partial charge on any atom is 0.295 e.